The highest BCUT2D eigenvalue weighted by Crippen LogP contribution is 2.29. The molecule has 0 unspecified atom stereocenters. The van der Waals surface area contributed by atoms with E-state index in [9.17, 15) is 5.11 Å². The highest BCUT2D eigenvalue weighted by molar-refractivity contribution is 6.30. The first-order valence-electron chi connectivity index (χ1n) is 6.01. The summed E-state index contributed by atoms with van der Waals surface area (Å²) in [6.45, 7) is 1.98. The number of halogens is 1. The van der Waals surface area contributed by atoms with E-state index in [2.05, 4.69) is 4.98 Å². The molecule has 0 saturated heterocycles. The van der Waals surface area contributed by atoms with E-state index in [4.69, 9.17) is 11.6 Å². The number of nitrogens with zero attached hydrogens (tertiary/aromatic N) is 1. The molecule has 2 nitrogen and oxygen atoms in total. The van der Waals surface area contributed by atoms with E-state index >= 15 is 0 Å². The van der Waals surface area contributed by atoms with Gasteiger partial charge in [0.05, 0.1) is 5.60 Å². The fraction of sp³-hybridized carbons (Fsp3) is 0.267. The number of aliphatic hydroxyl groups is 1. The van der Waals surface area contributed by atoms with Crippen LogP contribution in [0.25, 0.3) is 0 Å². The molecule has 0 saturated carbocycles. The Hall–Kier alpha value is -1.38. The Morgan fingerprint density at radius 1 is 1.11 bits per heavy atom. The monoisotopic (exact) mass is 261 g/mol. The number of hydrogen-bond acceptors (Lipinski definition) is 2. The first-order chi connectivity index (χ1) is 8.64. The topological polar surface area (TPSA) is 33.1 Å². The minimum atomic E-state index is -0.855. The van der Waals surface area contributed by atoms with Gasteiger partial charge in [-0.25, -0.2) is 0 Å². The molecule has 0 fully saturated rings. The Morgan fingerprint density at radius 3 is 2.28 bits per heavy atom. The number of rotatable bonds is 4. The highest BCUT2D eigenvalue weighted by Gasteiger charge is 2.27. The molecule has 3 heteroatoms. The molecule has 0 bridgehead atoms. The van der Waals surface area contributed by atoms with Gasteiger partial charge in [-0.2, -0.15) is 0 Å². The van der Waals surface area contributed by atoms with Gasteiger partial charge in [0.1, 0.15) is 0 Å². The second-order valence-corrected chi connectivity index (χ2v) is 4.86. The zero-order chi connectivity index (χ0) is 13.0. The first kappa shape index (κ1) is 13.1. The van der Waals surface area contributed by atoms with Gasteiger partial charge in [-0.05, 0) is 41.8 Å². The fourth-order valence-electron chi connectivity index (χ4n) is 2.03. The standard InChI is InChI=1S/C15H16ClNO/c1-2-15(18,11-12-7-9-17-10-8-12)13-3-5-14(16)6-4-13/h3-10,18H,2,11H2,1H3/t15-/m1/s1. The van der Waals surface area contributed by atoms with Gasteiger partial charge in [-0.3, -0.25) is 4.98 Å². The number of hydrogen-bond donors (Lipinski definition) is 1. The van der Waals surface area contributed by atoms with E-state index in [0.29, 0.717) is 17.9 Å². The summed E-state index contributed by atoms with van der Waals surface area (Å²) in [6.07, 6.45) is 4.71. The maximum absolute atomic E-state index is 10.8. The second kappa shape index (κ2) is 5.51. The Bertz CT molecular complexity index is 498. The summed E-state index contributed by atoms with van der Waals surface area (Å²) in [5, 5.41) is 11.5. The summed E-state index contributed by atoms with van der Waals surface area (Å²) < 4.78 is 0. The fourth-order valence-corrected chi connectivity index (χ4v) is 2.16. The van der Waals surface area contributed by atoms with Crippen LogP contribution in [0.15, 0.2) is 48.8 Å². The van der Waals surface area contributed by atoms with Crippen LogP contribution in [0.3, 0.4) is 0 Å². The lowest BCUT2D eigenvalue weighted by molar-refractivity contribution is 0.0327. The molecular weight excluding hydrogens is 246 g/mol. The van der Waals surface area contributed by atoms with E-state index in [1.54, 1.807) is 12.4 Å². The maximum atomic E-state index is 10.8. The van der Waals surface area contributed by atoms with Crippen molar-refractivity contribution in [2.24, 2.45) is 0 Å². The molecule has 1 aromatic heterocycles. The van der Waals surface area contributed by atoms with Crippen LogP contribution in [0.1, 0.15) is 24.5 Å². The summed E-state index contributed by atoms with van der Waals surface area (Å²) in [5.41, 5.74) is 1.11. The lowest BCUT2D eigenvalue weighted by atomic mass is 9.85. The molecule has 2 aromatic rings. The van der Waals surface area contributed by atoms with Gasteiger partial charge in [0, 0.05) is 23.8 Å². The Labute approximate surface area is 112 Å². The Balaban J connectivity index is 2.28. The molecule has 18 heavy (non-hydrogen) atoms. The van der Waals surface area contributed by atoms with Crippen molar-refractivity contribution in [3.8, 4) is 0 Å². The van der Waals surface area contributed by atoms with E-state index in [-0.39, 0.29) is 0 Å². The second-order valence-electron chi connectivity index (χ2n) is 4.42. The average molecular weight is 262 g/mol. The van der Waals surface area contributed by atoms with Crippen LogP contribution in [-0.4, -0.2) is 10.1 Å². The lowest BCUT2D eigenvalue weighted by Crippen LogP contribution is -2.27. The number of benzene rings is 1. The summed E-state index contributed by atoms with van der Waals surface area (Å²) >= 11 is 5.88. The number of pyridine rings is 1. The summed E-state index contributed by atoms with van der Waals surface area (Å²) in [7, 11) is 0. The molecule has 0 spiro atoms. The van der Waals surface area contributed by atoms with Crippen molar-refractivity contribution in [2.75, 3.05) is 0 Å². The average Bonchev–Trinajstić information content (AvgIpc) is 2.40. The molecular formula is C15H16ClNO. The van der Waals surface area contributed by atoms with E-state index < -0.39 is 5.60 Å². The van der Waals surface area contributed by atoms with E-state index in [1.807, 2.05) is 43.3 Å². The van der Waals surface area contributed by atoms with Gasteiger partial charge >= 0.3 is 0 Å². The van der Waals surface area contributed by atoms with Crippen LogP contribution in [0.4, 0.5) is 0 Å². The zero-order valence-electron chi connectivity index (χ0n) is 10.3. The predicted molar refractivity (Wildman–Crippen MR) is 73.6 cm³/mol. The van der Waals surface area contributed by atoms with Gasteiger partial charge in [0.2, 0.25) is 0 Å². The van der Waals surface area contributed by atoms with Crippen LogP contribution < -0.4 is 0 Å². The molecule has 0 amide bonds. The highest BCUT2D eigenvalue weighted by atomic mass is 35.5. The Morgan fingerprint density at radius 2 is 1.72 bits per heavy atom. The smallest absolute Gasteiger partial charge is 0.0934 e. The van der Waals surface area contributed by atoms with Crippen molar-refractivity contribution in [3.05, 3.63) is 64.9 Å². The van der Waals surface area contributed by atoms with Crippen LogP contribution in [0.2, 0.25) is 5.02 Å². The zero-order valence-corrected chi connectivity index (χ0v) is 11.1. The predicted octanol–water partition coefficient (Wildman–Crippen LogP) is 3.58. The molecule has 94 valence electrons. The largest absolute Gasteiger partial charge is 0.385 e. The molecule has 0 aliphatic carbocycles. The van der Waals surface area contributed by atoms with Gasteiger partial charge in [0.25, 0.3) is 0 Å². The molecule has 0 radical (unpaired) electrons. The third-order valence-electron chi connectivity index (χ3n) is 3.21. The van der Waals surface area contributed by atoms with Gasteiger partial charge in [0.15, 0.2) is 0 Å². The van der Waals surface area contributed by atoms with Crippen molar-refractivity contribution < 1.29 is 5.11 Å². The molecule has 2 rings (SSSR count). The van der Waals surface area contributed by atoms with Crippen molar-refractivity contribution in [2.45, 2.75) is 25.4 Å². The molecule has 1 N–H and O–H groups in total. The van der Waals surface area contributed by atoms with Crippen molar-refractivity contribution in [1.29, 1.82) is 0 Å². The first-order valence-corrected chi connectivity index (χ1v) is 6.39. The third kappa shape index (κ3) is 2.89. The lowest BCUT2D eigenvalue weighted by Gasteiger charge is -2.27. The molecule has 0 aliphatic heterocycles. The van der Waals surface area contributed by atoms with Crippen molar-refractivity contribution in [1.82, 2.24) is 4.98 Å². The van der Waals surface area contributed by atoms with E-state index in [0.717, 1.165) is 11.1 Å². The van der Waals surface area contributed by atoms with Crippen LogP contribution >= 0.6 is 11.6 Å². The van der Waals surface area contributed by atoms with E-state index in [1.165, 1.54) is 0 Å². The SMILES string of the molecule is CC[C@@](O)(Cc1ccncc1)c1ccc(Cl)cc1. The summed E-state index contributed by atoms with van der Waals surface area (Å²) in [5.74, 6) is 0. The van der Waals surface area contributed by atoms with Gasteiger partial charge in [-0.1, -0.05) is 30.7 Å². The molecule has 0 aliphatic rings. The van der Waals surface area contributed by atoms with Crippen LogP contribution in [0, 0.1) is 0 Å². The minimum absolute atomic E-state index is 0.577. The van der Waals surface area contributed by atoms with Crippen molar-refractivity contribution >= 4 is 11.6 Å². The molecule has 1 aromatic carbocycles. The Kier molecular flexibility index (Phi) is 4.00. The molecule has 1 heterocycles. The van der Waals surface area contributed by atoms with Gasteiger partial charge < -0.3 is 5.11 Å². The van der Waals surface area contributed by atoms with Crippen LogP contribution in [-0.2, 0) is 12.0 Å². The number of aromatic nitrogens is 1. The minimum Gasteiger partial charge on any atom is -0.385 e. The quantitative estimate of drug-likeness (QED) is 0.913. The summed E-state index contributed by atoms with van der Waals surface area (Å²) in [4.78, 5) is 3.99. The maximum Gasteiger partial charge on any atom is 0.0934 e. The normalized spacial score (nSPS) is 14.2. The third-order valence-corrected chi connectivity index (χ3v) is 3.46. The van der Waals surface area contributed by atoms with Crippen LogP contribution in [0.5, 0.6) is 0 Å². The molecule has 1 atom stereocenters. The van der Waals surface area contributed by atoms with Gasteiger partial charge in [-0.15, -0.1) is 0 Å². The van der Waals surface area contributed by atoms with Crippen molar-refractivity contribution in [3.63, 3.8) is 0 Å². The summed E-state index contributed by atoms with van der Waals surface area (Å²) in [6, 6.07) is 11.2.